The number of anilines is 1. The largest absolute Gasteiger partial charge is 0.494 e. The van der Waals surface area contributed by atoms with Crippen molar-refractivity contribution in [1.29, 1.82) is 0 Å². The number of unbranched alkanes of at least 4 members (excludes halogenated alkanes) is 3. The molecule has 2 aromatic carbocycles. The maximum Gasteiger partial charge on any atom is 0.255 e. The average Bonchev–Trinajstić information content (AvgIpc) is 3.29. The summed E-state index contributed by atoms with van der Waals surface area (Å²) in [5, 5.41) is 2.88. The van der Waals surface area contributed by atoms with Gasteiger partial charge in [-0.3, -0.25) is 9.59 Å². The molecule has 0 saturated carbocycles. The van der Waals surface area contributed by atoms with Crippen molar-refractivity contribution in [2.45, 2.75) is 45.4 Å². The third kappa shape index (κ3) is 6.08. The Bertz CT molecular complexity index is 794. The standard InChI is InChI=1S/C24H30N2O3/c1-2-3-4-7-18-29-22-14-10-19(11-15-22)23(27)25-21-12-8-20(9-13-21)24(28)26-16-5-6-17-26/h8-15H,2-7,16-18H2,1H3,(H,25,27). The van der Waals surface area contributed by atoms with Crippen LogP contribution in [0.5, 0.6) is 5.75 Å². The molecule has 1 fully saturated rings. The number of nitrogens with one attached hydrogen (secondary N) is 1. The lowest BCUT2D eigenvalue weighted by Gasteiger charge is -2.15. The van der Waals surface area contributed by atoms with E-state index in [0.717, 1.165) is 38.1 Å². The first-order chi connectivity index (χ1) is 14.2. The molecule has 1 aliphatic heterocycles. The molecule has 3 rings (SSSR count). The summed E-state index contributed by atoms with van der Waals surface area (Å²) < 4.78 is 5.72. The molecule has 0 bridgehead atoms. The summed E-state index contributed by atoms with van der Waals surface area (Å²) in [7, 11) is 0. The summed E-state index contributed by atoms with van der Waals surface area (Å²) in [4.78, 5) is 26.7. The van der Waals surface area contributed by atoms with Gasteiger partial charge in [0.2, 0.25) is 0 Å². The Labute approximate surface area is 173 Å². The predicted octanol–water partition coefficient (Wildman–Crippen LogP) is 5.13. The highest BCUT2D eigenvalue weighted by atomic mass is 16.5. The zero-order chi connectivity index (χ0) is 20.5. The Hall–Kier alpha value is -2.82. The van der Waals surface area contributed by atoms with Crippen molar-refractivity contribution >= 4 is 17.5 Å². The maximum absolute atomic E-state index is 12.5. The zero-order valence-electron chi connectivity index (χ0n) is 17.2. The van der Waals surface area contributed by atoms with Crippen LogP contribution in [0.1, 0.15) is 66.2 Å². The topological polar surface area (TPSA) is 58.6 Å². The number of benzene rings is 2. The Balaban J connectivity index is 1.50. The van der Waals surface area contributed by atoms with Gasteiger partial charge in [0.1, 0.15) is 5.75 Å². The third-order valence-electron chi connectivity index (χ3n) is 5.17. The molecule has 2 aromatic rings. The van der Waals surface area contributed by atoms with Crippen LogP contribution in [0.25, 0.3) is 0 Å². The molecule has 1 N–H and O–H groups in total. The summed E-state index contributed by atoms with van der Waals surface area (Å²) in [5.74, 6) is 0.659. The van der Waals surface area contributed by atoms with Crippen LogP contribution < -0.4 is 10.1 Å². The molecule has 1 aliphatic rings. The van der Waals surface area contributed by atoms with E-state index in [2.05, 4.69) is 12.2 Å². The van der Waals surface area contributed by atoms with Crippen LogP contribution in [-0.4, -0.2) is 36.4 Å². The van der Waals surface area contributed by atoms with E-state index in [1.165, 1.54) is 19.3 Å². The van der Waals surface area contributed by atoms with E-state index in [1.54, 1.807) is 36.4 Å². The number of carbonyl (C=O) groups excluding carboxylic acids is 2. The summed E-state index contributed by atoms with van der Waals surface area (Å²) in [6, 6.07) is 14.3. The van der Waals surface area contributed by atoms with E-state index in [4.69, 9.17) is 4.74 Å². The predicted molar refractivity (Wildman–Crippen MR) is 116 cm³/mol. The first-order valence-electron chi connectivity index (χ1n) is 10.6. The maximum atomic E-state index is 12.5. The van der Waals surface area contributed by atoms with E-state index in [9.17, 15) is 9.59 Å². The normalized spacial score (nSPS) is 13.3. The number of amides is 2. The number of carbonyl (C=O) groups is 2. The molecule has 5 nitrogen and oxygen atoms in total. The van der Waals surface area contributed by atoms with Gasteiger partial charge >= 0.3 is 0 Å². The van der Waals surface area contributed by atoms with Gasteiger partial charge in [-0.05, 0) is 67.8 Å². The van der Waals surface area contributed by atoms with Crippen molar-refractivity contribution in [3.8, 4) is 5.75 Å². The molecule has 5 heteroatoms. The molecule has 0 unspecified atom stereocenters. The number of hydrogen-bond acceptors (Lipinski definition) is 3. The molecule has 0 atom stereocenters. The van der Waals surface area contributed by atoms with Gasteiger partial charge in [-0.25, -0.2) is 0 Å². The van der Waals surface area contributed by atoms with Crippen molar-refractivity contribution < 1.29 is 14.3 Å². The molecule has 1 heterocycles. The van der Waals surface area contributed by atoms with Gasteiger partial charge in [0, 0.05) is 29.9 Å². The quantitative estimate of drug-likeness (QED) is 0.600. The molecule has 1 saturated heterocycles. The Morgan fingerprint density at radius 2 is 1.55 bits per heavy atom. The first kappa shape index (κ1) is 20.9. The van der Waals surface area contributed by atoms with Crippen LogP contribution in [0.4, 0.5) is 5.69 Å². The number of hydrogen-bond donors (Lipinski definition) is 1. The molecule has 0 aromatic heterocycles. The van der Waals surface area contributed by atoms with Gasteiger partial charge in [-0.15, -0.1) is 0 Å². The van der Waals surface area contributed by atoms with E-state index < -0.39 is 0 Å². The average molecular weight is 395 g/mol. The highest BCUT2D eigenvalue weighted by molar-refractivity contribution is 6.04. The van der Waals surface area contributed by atoms with Gasteiger partial charge in [-0.2, -0.15) is 0 Å². The molecular weight excluding hydrogens is 364 g/mol. The number of rotatable bonds is 9. The van der Waals surface area contributed by atoms with Gasteiger partial charge in [0.15, 0.2) is 0 Å². The second-order valence-corrected chi connectivity index (χ2v) is 7.46. The van der Waals surface area contributed by atoms with E-state index in [-0.39, 0.29) is 11.8 Å². The van der Waals surface area contributed by atoms with Crippen LogP contribution in [0.3, 0.4) is 0 Å². The highest BCUT2D eigenvalue weighted by Gasteiger charge is 2.19. The lowest BCUT2D eigenvalue weighted by atomic mass is 10.1. The van der Waals surface area contributed by atoms with E-state index in [0.29, 0.717) is 23.4 Å². The first-order valence-corrected chi connectivity index (χ1v) is 10.6. The number of ether oxygens (including phenoxy) is 1. The van der Waals surface area contributed by atoms with Gasteiger partial charge in [-0.1, -0.05) is 26.2 Å². The monoisotopic (exact) mass is 394 g/mol. The Kier molecular flexibility index (Phi) is 7.68. The third-order valence-corrected chi connectivity index (χ3v) is 5.17. The summed E-state index contributed by atoms with van der Waals surface area (Å²) in [5.41, 5.74) is 1.90. The van der Waals surface area contributed by atoms with Gasteiger partial charge in [0.05, 0.1) is 6.61 Å². The number of nitrogens with zero attached hydrogens (tertiary/aromatic N) is 1. The van der Waals surface area contributed by atoms with Gasteiger partial charge in [0.25, 0.3) is 11.8 Å². The second kappa shape index (κ2) is 10.6. The summed E-state index contributed by atoms with van der Waals surface area (Å²) in [6.07, 6.45) is 6.81. The molecule has 154 valence electrons. The minimum Gasteiger partial charge on any atom is -0.494 e. The molecule has 0 aliphatic carbocycles. The van der Waals surface area contributed by atoms with E-state index in [1.807, 2.05) is 17.0 Å². The molecule has 2 amide bonds. The SMILES string of the molecule is CCCCCCOc1ccc(C(=O)Nc2ccc(C(=O)N3CCCC3)cc2)cc1. The lowest BCUT2D eigenvalue weighted by Crippen LogP contribution is -2.27. The number of likely N-dealkylation sites (tertiary alicyclic amines) is 1. The van der Waals surface area contributed by atoms with Crippen molar-refractivity contribution in [2.75, 3.05) is 25.0 Å². The molecule has 29 heavy (non-hydrogen) atoms. The van der Waals surface area contributed by atoms with Crippen molar-refractivity contribution in [3.63, 3.8) is 0 Å². The smallest absolute Gasteiger partial charge is 0.255 e. The minimum absolute atomic E-state index is 0.0608. The fourth-order valence-electron chi connectivity index (χ4n) is 3.42. The summed E-state index contributed by atoms with van der Waals surface area (Å²) in [6.45, 7) is 4.55. The minimum atomic E-state index is -0.182. The fourth-order valence-corrected chi connectivity index (χ4v) is 3.42. The molecular formula is C24H30N2O3. The van der Waals surface area contributed by atoms with Crippen LogP contribution >= 0.6 is 0 Å². The van der Waals surface area contributed by atoms with Crippen LogP contribution in [0.15, 0.2) is 48.5 Å². The van der Waals surface area contributed by atoms with Crippen molar-refractivity contribution in [1.82, 2.24) is 4.90 Å². The second-order valence-electron chi connectivity index (χ2n) is 7.46. The zero-order valence-corrected chi connectivity index (χ0v) is 17.2. The van der Waals surface area contributed by atoms with Gasteiger partial charge < -0.3 is 15.0 Å². The summed E-state index contributed by atoms with van der Waals surface area (Å²) >= 11 is 0. The van der Waals surface area contributed by atoms with Crippen LogP contribution in [0.2, 0.25) is 0 Å². The Morgan fingerprint density at radius 1 is 0.897 bits per heavy atom. The fraction of sp³-hybridized carbons (Fsp3) is 0.417. The lowest BCUT2D eigenvalue weighted by molar-refractivity contribution is 0.0792. The van der Waals surface area contributed by atoms with Crippen LogP contribution in [-0.2, 0) is 0 Å². The highest BCUT2D eigenvalue weighted by Crippen LogP contribution is 2.17. The molecule has 0 spiro atoms. The molecule has 0 radical (unpaired) electrons. The van der Waals surface area contributed by atoms with Crippen LogP contribution in [0, 0.1) is 0 Å². The van der Waals surface area contributed by atoms with Crippen molar-refractivity contribution in [3.05, 3.63) is 59.7 Å². The Morgan fingerprint density at radius 3 is 2.21 bits per heavy atom. The van der Waals surface area contributed by atoms with E-state index >= 15 is 0 Å². The van der Waals surface area contributed by atoms with Crippen molar-refractivity contribution in [2.24, 2.45) is 0 Å².